The van der Waals surface area contributed by atoms with Crippen molar-refractivity contribution in [1.82, 2.24) is 15.3 Å². The molecule has 0 fully saturated rings. The standard InChI is InChI=1S/C11H15N3O/c1-9(14-10(2)15)4-3-5-11-6-12-8-13-7-11/h3,5-9H,4H2,1-2H3,(H,14,15)/b5-3+. The highest BCUT2D eigenvalue weighted by Crippen LogP contribution is 2.00. The number of carbonyl (C=O) groups is 1. The Bertz CT molecular complexity index is 335. The largest absolute Gasteiger partial charge is 0.354 e. The van der Waals surface area contributed by atoms with E-state index in [9.17, 15) is 4.79 Å². The molecule has 0 aliphatic carbocycles. The van der Waals surface area contributed by atoms with Crippen LogP contribution in [0.4, 0.5) is 0 Å². The van der Waals surface area contributed by atoms with Gasteiger partial charge >= 0.3 is 0 Å². The number of hydrogen-bond acceptors (Lipinski definition) is 3. The van der Waals surface area contributed by atoms with Gasteiger partial charge < -0.3 is 5.32 Å². The van der Waals surface area contributed by atoms with Crippen molar-refractivity contribution in [2.24, 2.45) is 0 Å². The fourth-order valence-electron chi connectivity index (χ4n) is 1.21. The van der Waals surface area contributed by atoms with Crippen molar-refractivity contribution in [1.29, 1.82) is 0 Å². The molecule has 1 amide bonds. The van der Waals surface area contributed by atoms with Gasteiger partial charge in [-0.3, -0.25) is 4.79 Å². The SMILES string of the molecule is CC(=O)NC(C)C/C=C/c1cncnc1. The van der Waals surface area contributed by atoms with Crippen molar-refractivity contribution in [2.45, 2.75) is 26.3 Å². The fraction of sp³-hybridized carbons (Fsp3) is 0.364. The zero-order valence-corrected chi connectivity index (χ0v) is 8.97. The predicted octanol–water partition coefficient (Wildman–Crippen LogP) is 1.40. The van der Waals surface area contributed by atoms with E-state index in [1.807, 2.05) is 19.1 Å². The molecule has 0 bridgehead atoms. The molecular formula is C11H15N3O. The molecule has 0 aliphatic rings. The third kappa shape index (κ3) is 4.90. The molecule has 0 spiro atoms. The van der Waals surface area contributed by atoms with Gasteiger partial charge in [-0.15, -0.1) is 0 Å². The zero-order valence-electron chi connectivity index (χ0n) is 8.97. The average molecular weight is 205 g/mol. The number of amides is 1. The van der Waals surface area contributed by atoms with E-state index in [0.29, 0.717) is 0 Å². The Hall–Kier alpha value is -1.71. The first-order valence-corrected chi connectivity index (χ1v) is 4.87. The van der Waals surface area contributed by atoms with E-state index < -0.39 is 0 Å². The highest BCUT2D eigenvalue weighted by atomic mass is 16.1. The van der Waals surface area contributed by atoms with Crippen molar-refractivity contribution >= 4 is 12.0 Å². The molecule has 1 atom stereocenters. The lowest BCUT2D eigenvalue weighted by Crippen LogP contribution is -2.29. The van der Waals surface area contributed by atoms with Crippen LogP contribution in [-0.4, -0.2) is 21.9 Å². The van der Waals surface area contributed by atoms with Crippen LogP contribution in [0.1, 0.15) is 25.8 Å². The van der Waals surface area contributed by atoms with Crippen LogP contribution in [0.25, 0.3) is 6.08 Å². The van der Waals surface area contributed by atoms with Gasteiger partial charge in [-0.05, 0) is 13.3 Å². The average Bonchev–Trinajstić information content (AvgIpc) is 2.18. The van der Waals surface area contributed by atoms with Gasteiger partial charge in [0.25, 0.3) is 0 Å². The van der Waals surface area contributed by atoms with Crippen LogP contribution in [0.3, 0.4) is 0 Å². The Labute approximate surface area is 89.4 Å². The summed E-state index contributed by atoms with van der Waals surface area (Å²) >= 11 is 0. The number of nitrogens with one attached hydrogen (secondary N) is 1. The molecule has 4 nitrogen and oxygen atoms in total. The Morgan fingerprint density at radius 1 is 1.53 bits per heavy atom. The fourth-order valence-corrected chi connectivity index (χ4v) is 1.21. The number of aromatic nitrogens is 2. The molecule has 0 aromatic carbocycles. The van der Waals surface area contributed by atoms with Crippen LogP contribution >= 0.6 is 0 Å². The van der Waals surface area contributed by atoms with E-state index in [2.05, 4.69) is 15.3 Å². The molecule has 1 rings (SSSR count). The monoisotopic (exact) mass is 205 g/mol. The molecule has 4 heteroatoms. The summed E-state index contributed by atoms with van der Waals surface area (Å²) in [5, 5.41) is 2.81. The van der Waals surface area contributed by atoms with E-state index in [1.54, 1.807) is 12.4 Å². The number of nitrogens with zero attached hydrogens (tertiary/aromatic N) is 2. The van der Waals surface area contributed by atoms with Gasteiger partial charge in [0.05, 0.1) is 0 Å². The van der Waals surface area contributed by atoms with Crippen molar-refractivity contribution in [3.05, 3.63) is 30.4 Å². The molecule has 80 valence electrons. The summed E-state index contributed by atoms with van der Waals surface area (Å²) in [5.41, 5.74) is 0.965. The van der Waals surface area contributed by atoms with Crippen LogP contribution in [0.2, 0.25) is 0 Å². The second-order valence-electron chi connectivity index (χ2n) is 3.41. The maximum absolute atomic E-state index is 10.7. The molecule has 1 unspecified atom stereocenters. The van der Waals surface area contributed by atoms with Crippen LogP contribution in [0, 0.1) is 0 Å². The van der Waals surface area contributed by atoms with Gasteiger partial charge in [0.2, 0.25) is 5.91 Å². The quantitative estimate of drug-likeness (QED) is 0.808. The number of carbonyl (C=O) groups excluding carboxylic acids is 1. The van der Waals surface area contributed by atoms with Gasteiger partial charge in [-0.1, -0.05) is 12.2 Å². The molecule has 1 aromatic heterocycles. The third-order valence-corrected chi connectivity index (χ3v) is 1.83. The highest BCUT2D eigenvalue weighted by Gasteiger charge is 1.99. The first kappa shape index (κ1) is 11.4. The van der Waals surface area contributed by atoms with Gasteiger partial charge in [-0.2, -0.15) is 0 Å². The van der Waals surface area contributed by atoms with Gasteiger partial charge in [0.1, 0.15) is 6.33 Å². The normalized spacial score (nSPS) is 12.7. The second kappa shape index (κ2) is 5.90. The minimum absolute atomic E-state index is 0.000977. The topological polar surface area (TPSA) is 54.9 Å². The van der Waals surface area contributed by atoms with Crippen molar-refractivity contribution in [2.75, 3.05) is 0 Å². The first-order valence-electron chi connectivity index (χ1n) is 4.87. The molecule has 1 aromatic rings. The van der Waals surface area contributed by atoms with Crippen LogP contribution in [0.5, 0.6) is 0 Å². The minimum Gasteiger partial charge on any atom is -0.354 e. The minimum atomic E-state index is -0.000977. The third-order valence-electron chi connectivity index (χ3n) is 1.83. The summed E-state index contributed by atoms with van der Waals surface area (Å²) in [6.07, 6.45) is 9.72. The van der Waals surface area contributed by atoms with Crippen molar-refractivity contribution < 1.29 is 4.79 Å². The molecule has 0 aliphatic heterocycles. The van der Waals surface area contributed by atoms with Gasteiger partial charge in [0.15, 0.2) is 0 Å². The van der Waals surface area contributed by atoms with Crippen LogP contribution in [0.15, 0.2) is 24.8 Å². The van der Waals surface area contributed by atoms with E-state index >= 15 is 0 Å². The summed E-state index contributed by atoms with van der Waals surface area (Å²) in [4.78, 5) is 18.5. The molecular weight excluding hydrogens is 190 g/mol. The van der Waals surface area contributed by atoms with Gasteiger partial charge in [-0.25, -0.2) is 9.97 Å². The Balaban J connectivity index is 2.37. The molecule has 0 radical (unpaired) electrons. The lowest BCUT2D eigenvalue weighted by Gasteiger charge is -2.08. The maximum Gasteiger partial charge on any atom is 0.217 e. The molecule has 0 saturated heterocycles. The highest BCUT2D eigenvalue weighted by molar-refractivity contribution is 5.73. The van der Waals surface area contributed by atoms with Crippen LogP contribution in [-0.2, 0) is 4.79 Å². The Kier molecular flexibility index (Phi) is 4.47. The lowest BCUT2D eigenvalue weighted by atomic mass is 10.2. The van der Waals surface area contributed by atoms with E-state index in [0.717, 1.165) is 12.0 Å². The Morgan fingerprint density at radius 2 is 2.20 bits per heavy atom. The van der Waals surface area contributed by atoms with Crippen molar-refractivity contribution in [3.63, 3.8) is 0 Å². The molecule has 1 heterocycles. The van der Waals surface area contributed by atoms with E-state index in [1.165, 1.54) is 13.3 Å². The molecule has 15 heavy (non-hydrogen) atoms. The second-order valence-corrected chi connectivity index (χ2v) is 3.41. The predicted molar refractivity (Wildman–Crippen MR) is 59.0 cm³/mol. The smallest absolute Gasteiger partial charge is 0.217 e. The van der Waals surface area contributed by atoms with Crippen molar-refractivity contribution in [3.8, 4) is 0 Å². The van der Waals surface area contributed by atoms with Crippen LogP contribution < -0.4 is 5.32 Å². The summed E-state index contributed by atoms with van der Waals surface area (Å²) in [6.45, 7) is 3.48. The number of rotatable bonds is 4. The number of hydrogen-bond donors (Lipinski definition) is 1. The molecule has 0 saturated carbocycles. The summed E-state index contributed by atoms with van der Waals surface area (Å²) in [7, 11) is 0. The van der Waals surface area contributed by atoms with E-state index in [-0.39, 0.29) is 11.9 Å². The van der Waals surface area contributed by atoms with Gasteiger partial charge in [0, 0.05) is 30.9 Å². The van der Waals surface area contributed by atoms with E-state index in [4.69, 9.17) is 0 Å². The summed E-state index contributed by atoms with van der Waals surface area (Å²) in [5.74, 6) is -0.000977. The molecule has 1 N–H and O–H groups in total. The summed E-state index contributed by atoms with van der Waals surface area (Å²) in [6, 6.07) is 0.156. The maximum atomic E-state index is 10.7. The zero-order chi connectivity index (χ0) is 11.1. The lowest BCUT2D eigenvalue weighted by molar-refractivity contribution is -0.119. The first-order chi connectivity index (χ1) is 7.18. The summed E-state index contributed by atoms with van der Waals surface area (Å²) < 4.78 is 0. The Morgan fingerprint density at radius 3 is 2.80 bits per heavy atom.